The summed E-state index contributed by atoms with van der Waals surface area (Å²) < 4.78 is 28.3. The first-order valence-corrected chi connectivity index (χ1v) is 12.8. The molecule has 4 unspecified atom stereocenters. The van der Waals surface area contributed by atoms with Crippen molar-refractivity contribution >= 4 is 11.9 Å². The van der Waals surface area contributed by atoms with E-state index in [9.17, 15) is 13.6 Å². The summed E-state index contributed by atoms with van der Waals surface area (Å²) >= 11 is 0. The Balaban J connectivity index is 1.59. The van der Waals surface area contributed by atoms with Crippen LogP contribution in [0.25, 0.3) is 0 Å². The molecule has 35 heavy (non-hydrogen) atoms. The molecule has 0 aromatic heterocycles. The third-order valence-corrected chi connectivity index (χ3v) is 7.43. The van der Waals surface area contributed by atoms with Gasteiger partial charge in [-0.2, -0.15) is 0 Å². The number of hydrazine groups is 1. The average Bonchev–Trinajstić information content (AvgIpc) is 3.53. The van der Waals surface area contributed by atoms with E-state index in [0.717, 1.165) is 44.6 Å². The number of hydrogen-bond acceptors (Lipinski definition) is 6. The van der Waals surface area contributed by atoms with Crippen molar-refractivity contribution in [1.82, 2.24) is 26.5 Å². The topological polar surface area (TPSA) is 90.0 Å². The molecule has 194 valence electrons. The summed E-state index contributed by atoms with van der Waals surface area (Å²) in [6.45, 7) is 4.40. The highest BCUT2D eigenvalue weighted by molar-refractivity contribution is 5.98. The number of rotatable bonds is 7. The van der Waals surface area contributed by atoms with Gasteiger partial charge in [0.05, 0.1) is 17.6 Å². The molecule has 2 heterocycles. The van der Waals surface area contributed by atoms with Gasteiger partial charge in [0.1, 0.15) is 17.8 Å². The van der Waals surface area contributed by atoms with Crippen molar-refractivity contribution < 1.29 is 18.4 Å². The molecule has 0 radical (unpaired) electrons. The van der Waals surface area contributed by atoms with Crippen LogP contribution < -0.4 is 21.5 Å². The van der Waals surface area contributed by atoms with E-state index in [1.54, 1.807) is 0 Å². The second-order valence-corrected chi connectivity index (χ2v) is 10.1. The zero-order chi connectivity index (χ0) is 25.0. The maximum absolute atomic E-state index is 14.1. The molecule has 8 nitrogen and oxygen atoms in total. The highest BCUT2D eigenvalue weighted by Gasteiger charge is 2.44. The Bertz CT molecular complexity index is 905. The summed E-state index contributed by atoms with van der Waals surface area (Å²) in [5, 5.41) is 8.32. The lowest BCUT2D eigenvalue weighted by molar-refractivity contribution is -0.124. The van der Waals surface area contributed by atoms with Crippen molar-refractivity contribution in [2.24, 2.45) is 10.9 Å². The molecule has 2 saturated heterocycles. The summed E-state index contributed by atoms with van der Waals surface area (Å²) in [5.74, 6) is -1.21. The molecule has 1 amide bonds. The van der Waals surface area contributed by atoms with E-state index in [0.29, 0.717) is 30.9 Å². The van der Waals surface area contributed by atoms with E-state index in [1.165, 1.54) is 12.1 Å². The Labute approximate surface area is 206 Å². The number of hydroxylamine groups is 1. The van der Waals surface area contributed by atoms with Crippen molar-refractivity contribution in [2.45, 2.75) is 89.1 Å². The first-order chi connectivity index (χ1) is 16.8. The summed E-state index contributed by atoms with van der Waals surface area (Å²) in [6.07, 6.45) is 6.86. The minimum Gasteiger partial charge on any atom is -0.353 e. The van der Waals surface area contributed by atoms with Crippen LogP contribution in [0.1, 0.15) is 70.8 Å². The first-order valence-electron chi connectivity index (χ1n) is 12.8. The van der Waals surface area contributed by atoms with Crippen LogP contribution in [0.15, 0.2) is 23.2 Å². The zero-order valence-electron chi connectivity index (χ0n) is 20.9. The zero-order valence-corrected chi connectivity index (χ0v) is 20.9. The van der Waals surface area contributed by atoms with Crippen LogP contribution in [0.3, 0.4) is 0 Å². The van der Waals surface area contributed by atoms with Gasteiger partial charge in [0.2, 0.25) is 5.91 Å². The smallest absolute Gasteiger partial charge is 0.233 e. The van der Waals surface area contributed by atoms with Gasteiger partial charge in [0, 0.05) is 32.1 Å². The van der Waals surface area contributed by atoms with E-state index in [4.69, 9.17) is 9.83 Å². The highest BCUT2D eigenvalue weighted by Crippen LogP contribution is 2.39. The van der Waals surface area contributed by atoms with Crippen LogP contribution in [0.2, 0.25) is 0 Å². The number of carbonyl (C=O) groups excluding carboxylic acids is 1. The van der Waals surface area contributed by atoms with Crippen LogP contribution >= 0.6 is 0 Å². The standard InChI is InChI=1S/C25H38F2N6O2/c1-4-5-10-25(17-11-18(26)13-19(27)12-17)14-22(33(3)32-25)30-24(29-20-8-6-7-9-20)31-23(34)21-15-28-35-16(21)2/h11-13,16,20-22,28,32H,4-10,14-15H2,1-3H3,(H2,29,30,31,34). The van der Waals surface area contributed by atoms with Gasteiger partial charge in [-0.3, -0.25) is 14.9 Å². The molecule has 4 rings (SSSR count). The van der Waals surface area contributed by atoms with Crippen molar-refractivity contribution in [3.63, 3.8) is 0 Å². The summed E-state index contributed by atoms with van der Waals surface area (Å²) in [5.41, 5.74) is 6.17. The third-order valence-electron chi connectivity index (χ3n) is 7.43. The predicted octanol–water partition coefficient (Wildman–Crippen LogP) is 3.06. The Morgan fingerprint density at radius 3 is 2.60 bits per heavy atom. The van der Waals surface area contributed by atoms with Gasteiger partial charge in [-0.25, -0.2) is 29.7 Å². The monoisotopic (exact) mass is 492 g/mol. The number of nitrogens with zero attached hydrogens (tertiary/aromatic N) is 2. The van der Waals surface area contributed by atoms with E-state index >= 15 is 0 Å². The van der Waals surface area contributed by atoms with Gasteiger partial charge in [0.25, 0.3) is 0 Å². The fourth-order valence-corrected chi connectivity index (χ4v) is 5.38. The predicted molar refractivity (Wildman–Crippen MR) is 130 cm³/mol. The molecule has 3 fully saturated rings. The minimum atomic E-state index is -0.651. The number of aliphatic imine (C=N–C) groups is 1. The van der Waals surface area contributed by atoms with Crippen LogP contribution in [0.5, 0.6) is 0 Å². The fourth-order valence-electron chi connectivity index (χ4n) is 5.38. The van der Waals surface area contributed by atoms with Gasteiger partial charge in [-0.1, -0.05) is 32.6 Å². The molecule has 10 heteroatoms. The Hall–Kier alpha value is -2.14. The number of nitrogens with one attached hydrogen (secondary N) is 4. The molecule has 1 aromatic carbocycles. The number of unbranched alkanes of at least 4 members (excludes halogenated alkanes) is 1. The summed E-state index contributed by atoms with van der Waals surface area (Å²) in [6, 6.07) is 3.96. The van der Waals surface area contributed by atoms with E-state index in [1.807, 2.05) is 19.0 Å². The largest absolute Gasteiger partial charge is 0.353 e. The molecule has 1 aliphatic carbocycles. The van der Waals surface area contributed by atoms with Crippen molar-refractivity contribution in [3.05, 3.63) is 35.4 Å². The number of benzene rings is 1. The average molecular weight is 493 g/mol. The van der Waals surface area contributed by atoms with Crippen LogP contribution in [0.4, 0.5) is 8.78 Å². The normalized spacial score (nSPS) is 30.2. The van der Waals surface area contributed by atoms with Gasteiger partial charge in [0.15, 0.2) is 5.96 Å². The minimum absolute atomic E-state index is 0.148. The van der Waals surface area contributed by atoms with E-state index < -0.39 is 17.2 Å². The second kappa shape index (κ2) is 11.3. The van der Waals surface area contributed by atoms with Crippen LogP contribution in [-0.2, 0) is 15.2 Å². The summed E-state index contributed by atoms with van der Waals surface area (Å²) in [7, 11) is 1.88. The molecule has 1 saturated carbocycles. The maximum atomic E-state index is 14.1. The Kier molecular flexibility index (Phi) is 8.36. The van der Waals surface area contributed by atoms with Gasteiger partial charge >= 0.3 is 0 Å². The number of hydrogen-bond donors (Lipinski definition) is 4. The molecule has 2 aliphatic heterocycles. The number of halogens is 2. The first kappa shape index (κ1) is 25.9. The SMILES string of the molecule is CCCCC1(c2cc(F)cc(F)c2)CC(N=C(NC(=O)C2CNOC2C)NC2CCCC2)N(C)N1. The van der Waals surface area contributed by atoms with E-state index in [2.05, 4.69) is 28.5 Å². The summed E-state index contributed by atoms with van der Waals surface area (Å²) in [4.78, 5) is 23.2. The molecular formula is C25H38F2N6O2. The molecule has 4 N–H and O–H groups in total. The quantitative estimate of drug-likeness (QED) is 0.346. The van der Waals surface area contributed by atoms with Crippen molar-refractivity contribution in [2.75, 3.05) is 13.6 Å². The lowest BCUT2D eigenvalue weighted by Gasteiger charge is -2.30. The molecular weight excluding hydrogens is 454 g/mol. The molecule has 1 aromatic rings. The van der Waals surface area contributed by atoms with Gasteiger partial charge in [-0.15, -0.1) is 0 Å². The molecule has 0 bridgehead atoms. The lowest BCUT2D eigenvalue weighted by atomic mass is 9.83. The number of amides is 1. The van der Waals surface area contributed by atoms with Gasteiger partial charge < -0.3 is 5.32 Å². The lowest BCUT2D eigenvalue weighted by Crippen LogP contribution is -2.49. The molecule has 3 aliphatic rings. The number of guanidine groups is 1. The second-order valence-electron chi connectivity index (χ2n) is 10.1. The number of carbonyl (C=O) groups is 1. The van der Waals surface area contributed by atoms with Crippen LogP contribution in [-0.4, -0.2) is 48.8 Å². The Morgan fingerprint density at radius 2 is 1.97 bits per heavy atom. The van der Waals surface area contributed by atoms with Crippen molar-refractivity contribution in [1.29, 1.82) is 0 Å². The molecule has 4 atom stereocenters. The molecule has 0 spiro atoms. The van der Waals surface area contributed by atoms with Crippen molar-refractivity contribution in [3.8, 4) is 0 Å². The van der Waals surface area contributed by atoms with E-state index in [-0.39, 0.29) is 30.1 Å². The van der Waals surface area contributed by atoms with Crippen LogP contribution in [0, 0.1) is 17.6 Å². The van der Waals surface area contributed by atoms with Gasteiger partial charge in [-0.05, 0) is 43.9 Å². The fraction of sp³-hybridized carbons (Fsp3) is 0.680. The maximum Gasteiger partial charge on any atom is 0.233 e. The highest BCUT2D eigenvalue weighted by atomic mass is 19.1. The Morgan fingerprint density at radius 1 is 1.26 bits per heavy atom. The third kappa shape index (κ3) is 6.17.